The summed E-state index contributed by atoms with van der Waals surface area (Å²) in [5, 5.41) is 2.77. The van der Waals surface area contributed by atoms with Crippen LogP contribution in [0.3, 0.4) is 0 Å². The van der Waals surface area contributed by atoms with Crippen LogP contribution in [0.15, 0.2) is 42.5 Å². The molecular weight excluding hydrogens is 269 g/mol. The fraction of sp³-hybridized carbons (Fsp3) is 0.235. The molecule has 21 heavy (non-hydrogen) atoms. The minimum absolute atomic E-state index is 0.230. The third-order valence-electron chi connectivity index (χ3n) is 3.03. The van der Waals surface area contributed by atoms with Crippen LogP contribution >= 0.6 is 0 Å². The summed E-state index contributed by atoms with van der Waals surface area (Å²) in [7, 11) is 0. The maximum absolute atomic E-state index is 13.0. The van der Waals surface area contributed by atoms with E-state index in [9.17, 15) is 9.18 Å². The number of ether oxygens (including phenoxy) is 1. The maximum Gasteiger partial charge on any atom is 0.255 e. The highest BCUT2D eigenvalue weighted by atomic mass is 19.1. The van der Waals surface area contributed by atoms with Gasteiger partial charge in [0.1, 0.15) is 11.6 Å². The normalized spacial score (nSPS) is 10.2. The van der Waals surface area contributed by atoms with Crippen molar-refractivity contribution < 1.29 is 13.9 Å². The van der Waals surface area contributed by atoms with Gasteiger partial charge in [-0.15, -0.1) is 0 Å². The first-order valence-corrected chi connectivity index (χ1v) is 6.90. The van der Waals surface area contributed by atoms with Gasteiger partial charge in [-0.1, -0.05) is 6.92 Å². The average molecular weight is 287 g/mol. The maximum atomic E-state index is 13.0. The van der Waals surface area contributed by atoms with E-state index in [0.717, 1.165) is 12.2 Å². The molecule has 0 atom stereocenters. The molecule has 1 N–H and O–H groups in total. The summed E-state index contributed by atoms with van der Waals surface area (Å²) < 4.78 is 18.5. The summed E-state index contributed by atoms with van der Waals surface area (Å²) in [5.41, 5.74) is 1.82. The van der Waals surface area contributed by atoms with Crippen LogP contribution in [0.25, 0.3) is 0 Å². The van der Waals surface area contributed by atoms with Crippen molar-refractivity contribution in [2.75, 3.05) is 11.9 Å². The third kappa shape index (κ3) is 4.05. The molecule has 2 aromatic carbocycles. The van der Waals surface area contributed by atoms with Crippen LogP contribution in [-0.4, -0.2) is 12.5 Å². The first kappa shape index (κ1) is 15.0. The Morgan fingerprint density at radius 3 is 2.52 bits per heavy atom. The Bertz CT molecular complexity index is 623. The molecule has 3 nitrogen and oxygen atoms in total. The monoisotopic (exact) mass is 287 g/mol. The van der Waals surface area contributed by atoms with Crippen LogP contribution in [0, 0.1) is 12.7 Å². The highest BCUT2D eigenvalue weighted by Gasteiger charge is 2.08. The van der Waals surface area contributed by atoms with E-state index in [2.05, 4.69) is 5.32 Å². The Kier molecular flexibility index (Phi) is 4.93. The fourth-order valence-electron chi connectivity index (χ4n) is 1.88. The van der Waals surface area contributed by atoms with Crippen molar-refractivity contribution in [3.05, 3.63) is 59.4 Å². The van der Waals surface area contributed by atoms with Gasteiger partial charge in [0, 0.05) is 11.3 Å². The largest absolute Gasteiger partial charge is 0.494 e. The molecule has 0 fully saturated rings. The van der Waals surface area contributed by atoms with Crippen LogP contribution in [0.1, 0.15) is 29.3 Å². The lowest BCUT2D eigenvalue weighted by Gasteiger charge is -2.09. The number of hydrogen-bond acceptors (Lipinski definition) is 2. The van der Waals surface area contributed by atoms with Gasteiger partial charge < -0.3 is 10.1 Å². The van der Waals surface area contributed by atoms with Crippen molar-refractivity contribution in [2.45, 2.75) is 20.3 Å². The summed E-state index contributed by atoms with van der Waals surface area (Å²) in [6.45, 7) is 4.44. The molecule has 110 valence electrons. The Morgan fingerprint density at radius 2 is 1.90 bits per heavy atom. The zero-order valence-electron chi connectivity index (χ0n) is 12.2. The number of carbonyl (C=O) groups is 1. The number of rotatable bonds is 5. The van der Waals surface area contributed by atoms with Crippen molar-refractivity contribution in [3.8, 4) is 5.75 Å². The topological polar surface area (TPSA) is 38.3 Å². The van der Waals surface area contributed by atoms with E-state index < -0.39 is 0 Å². The van der Waals surface area contributed by atoms with E-state index in [1.54, 1.807) is 37.3 Å². The van der Waals surface area contributed by atoms with Gasteiger partial charge in [0.15, 0.2) is 0 Å². The molecule has 4 heteroatoms. The van der Waals surface area contributed by atoms with E-state index in [0.29, 0.717) is 23.4 Å². The summed E-state index contributed by atoms with van der Waals surface area (Å²) in [6.07, 6.45) is 0.937. The number of halogens is 1. The zero-order valence-corrected chi connectivity index (χ0v) is 12.2. The van der Waals surface area contributed by atoms with Gasteiger partial charge >= 0.3 is 0 Å². The van der Waals surface area contributed by atoms with Crippen molar-refractivity contribution in [3.63, 3.8) is 0 Å². The van der Waals surface area contributed by atoms with E-state index in [1.165, 1.54) is 12.1 Å². The molecule has 0 aliphatic carbocycles. The predicted octanol–water partition coefficient (Wildman–Crippen LogP) is 4.18. The fourth-order valence-corrected chi connectivity index (χ4v) is 1.88. The van der Waals surface area contributed by atoms with E-state index >= 15 is 0 Å². The third-order valence-corrected chi connectivity index (χ3v) is 3.03. The van der Waals surface area contributed by atoms with Crippen molar-refractivity contribution in [1.82, 2.24) is 0 Å². The lowest BCUT2D eigenvalue weighted by Crippen LogP contribution is -2.12. The van der Waals surface area contributed by atoms with E-state index in [1.807, 2.05) is 6.92 Å². The highest BCUT2D eigenvalue weighted by molar-refractivity contribution is 6.04. The number of carbonyl (C=O) groups excluding carboxylic acids is 1. The van der Waals surface area contributed by atoms with Crippen LogP contribution in [-0.2, 0) is 0 Å². The second-order valence-corrected chi connectivity index (χ2v) is 4.79. The van der Waals surface area contributed by atoms with Gasteiger partial charge in [-0.25, -0.2) is 4.39 Å². The summed E-state index contributed by atoms with van der Waals surface area (Å²) >= 11 is 0. The molecule has 0 spiro atoms. The van der Waals surface area contributed by atoms with Gasteiger partial charge in [-0.2, -0.15) is 0 Å². The van der Waals surface area contributed by atoms with Crippen LogP contribution in [0.4, 0.5) is 10.1 Å². The quantitative estimate of drug-likeness (QED) is 0.896. The molecule has 2 rings (SSSR count). The second kappa shape index (κ2) is 6.88. The summed E-state index contributed by atoms with van der Waals surface area (Å²) in [5.74, 6) is 0.195. The van der Waals surface area contributed by atoms with Gasteiger partial charge in [-0.05, 0) is 61.4 Å². The summed E-state index contributed by atoms with van der Waals surface area (Å²) in [4.78, 5) is 12.1. The van der Waals surface area contributed by atoms with E-state index in [-0.39, 0.29) is 11.7 Å². The highest BCUT2D eigenvalue weighted by Crippen LogP contribution is 2.18. The predicted molar refractivity (Wildman–Crippen MR) is 81.3 cm³/mol. The average Bonchev–Trinajstić information content (AvgIpc) is 2.48. The molecule has 0 aliphatic rings. The van der Waals surface area contributed by atoms with Gasteiger partial charge in [0.25, 0.3) is 5.91 Å². The smallest absolute Gasteiger partial charge is 0.255 e. The van der Waals surface area contributed by atoms with Crippen LogP contribution in [0.2, 0.25) is 0 Å². The number of nitrogens with one attached hydrogen (secondary N) is 1. The number of anilines is 1. The van der Waals surface area contributed by atoms with Crippen molar-refractivity contribution in [2.24, 2.45) is 0 Å². The van der Waals surface area contributed by atoms with Crippen molar-refractivity contribution in [1.29, 1.82) is 0 Å². The first-order valence-electron chi connectivity index (χ1n) is 6.90. The molecule has 0 aliphatic heterocycles. The number of benzene rings is 2. The molecular formula is C17H18FNO2. The summed E-state index contributed by atoms with van der Waals surface area (Å²) in [6, 6.07) is 11.2. The minimum Gasteiger partial charge on any atom is -0.494 e. The van der Waals surface area contributed by atoms with Gasteiger partial charge in [0.05, 0.1) is 6.61 Å². The molecule has 0 bridgehead atoms. The Morgan fingerprint density at radius 1 is 1.19 bits per heavy atom. The molecule has 0 saturated carbocycles. The second-order valence-electron chi connectivity index (χ2n) is 4.79. The van der Waals surface area contributed by atoms with Crippen LogP contribution in [0.5, 0.6) is 5.75 Å². The lowest BCUT2D eigenvalue weighted by atomic mass is 10.1. The van der Waals surface area contributed by atoms with Gasteiger partial charge in [0.2, 0.25) is 0 Å². The molecule has 0 saturated heterocycles. The van der Waals surface area contributed by atoms with Crippen molar-refractivity contribution >= 4 is 11.6 Å². The Labute approximate surface area is 123 Å². The van der Waals surface area contributed by atoms with Gasteiger partial charge in [-0.3, -0.25) is 4.79 Å². The number of amides is 1. The molecule has 0 aromatic heterocycles. The van der Waals surface area contributed by atoms with E-state index in [4.69, 9.17) is 4.74 Å². The van der Waals surface area contributed by atoms with Crippen LogP contribution < -0.4 is 10.1 Å². The zero-order chi connectivity index (χ0) is 15.2. The lowest BCUT2D eigenvalue weighted by molar-refractivity contribution is 0.102. The molecule has 2 aromatic rings. The first-order chi connectivity index (χ1) is 10.1. The molecule has 0 radical (unpaired) electrons. The Balaban J connectivity index is 2.06. The Hall–Kier alpha value is -2.36. The number of hydrogen-bond donors (Lipinski definition) is 1. The standard InChI is InChI=1S/C17H18FNO2/c1-3-10-21-15-7-4-13(5-8-15)17(20)19-16-9-6-14(18)11-12(16)2/h4-9,11H,3,10H2,1-2H3,(H,19,20). The SMILES string of the molecule is CCCOc1ccc(C(=O)Nc2ccc(F)cc2C)cc1. The minimum atomic E-state index is -0.317. The molecule has 0 heterocycles. The number of aryl methyl sites for hydroxylation is 1. The molecule has 0 unspecified atom stereocenters. The molecule has 1 amide bonds.